The van der Waals surface area contributed by atoms with Crippen molar-refractivity contribution in [2.24, 2.45) is 28.3 Å². The number of hydrogen-bond acceptors (Lipinski definition) is 2. The Morgan fingerprint density at radius 1 is 1.22 bits per heavy atom. The molecular weight excluding hydrogens is 284 g/mol. The second-order valence-electron chi connectivity index (χ2n) is 8.30. The van der Waals surface area contributed by atoms with Gasteiger partial charge in [-0.15, -0.1) is 0 Å². The molecule has 0 saturated heterocycles. The Morgan fingerprint density at radius 3 is 2.48 bits per heavy atom. The first kappa shape index (κ1) is 14.9. The minimum Gasteiger partial charge on any atom is -0.273 e. The van der Waals surface area contributed by atoms with Crippen molar-refractivity contribution < 1.29 is 4.79 Å². The van der Waals surface area contributed by atoms with Crippen molar-refractivity contribution in [1.29, 1.82) is 0 Å². The lowest BCUT2D eigenvalue weighted by Crippen LogP contribution is -2.47. The van der Waals surface area contributed by atoms with Gasteiger partial charge in [-0.1, -0.05) is 29.8 Å². The number of benzene rings is 1. The molecule has 23 heavy (non-hydrogen) atoms. The van der Waals surface area contributed by atoms with E-state index >= 15 is 0 Å². The normalized spacial score (nSPS) is 34.9. The van der Waals surface area contributed by atoms with E-state index in [1.165, 1.54) is 44.1 Å². The number of carbonyl (C=O) groups excluding carboxylic acids is 1. The van der Waals surface area contributed by atoms with E-state index < -0.39 is 0 Å². The maximum Gasteiger partial charge on any atom is 0.240 e. The molecule has 3 heteroatoms. The van der Waals surface area contributed by atoms with Crippen LogP contribution in [-0.4, -0.2) is 12.1 Å². The summed E-state index contributed by atoms with van der Waals surface area (Å²) in [6, 6.07) is 8.13. The highest BCUT2D eigenvalue weighted by Gasteiger charge is 2.51. The van der Waals surface area contributed by atoms with Gasteiger partial charge in [0.25, 0.3) is 0 Å². The van der Waals surface area contributed by atoms with Gasteiger partial charge >= 0.3 is 0 Å². The van der Waals surface area contributed by atoms with Crippen molar-refractivity contribution in [3.63, 3.8) is 0 Å². The van der Waals surface area contributed by atoms with Gasteiger partial charge in [-0.2, -0.15) is 5.10 Å². The molecule has 0 aliphatic heterocycles. The zero-order valence-corrected chi connectivity index (χ0v) is 13.9. The van der Waals surface area contributed by atoms with Gasteiger partial charge in [0.15, 0.2) is 0 Å². The molecule has 0 atom stereocenters. The first-order valence-corrected chi connectivity index (χ1v) is 8.99. The molecule has 5 rings (SSSR count). The van der Waals surface area contributed by atoms with Gasteiger partial charge in [-0.3, -0.25) is 4.79 Å². The number of rotatable bonds is 4. The highest BCUT2D eigenvalue weighted by Crippen LogP contribution is 2.61. The molecule has 0 radical (unpaired) electrons. The monoisotopic (exact) mass is 310 g/mol. The SMILES string of the molecule is Cc1cccc(/C=N\NC(=O)CC23CC4CC(CC(C4)C2)C3)c1. The third-order valence-electron chi connectivity index (χ3n) is 6.15. The van der Waals surface area contributed by atoms with Gasteiger partial charge in [0.05, 0.1) is 6.21 Å². The van der Waals surface area contributed by atoms with E-state index in [0.717, 1.165) is 23.3 Å². The van der Waals surface area contributed by atoms with Gasteiger partial charge in [0.1, 0.15) is 0 Å². The van der Waals surface area contributed by atoms with Crippen LogP contribution >= 0.6 is 0 Å². The van der Waals surface area contributed by atoms with Crippen LogP contribution in [0, 0.1) is 30.1 Å². The molecule has 0 aromatic heterocycles. The van der Waals surface area contributed by atoms with Crippen LogP contribution in [0.1, 0.15) is 56.1 Å². The van der Waals surface area contributed by atoms with Crippen molar-refractivity contribution in [2.45, 2.75) is 51.9 Å². The molecule has 1 amide bonds. The van der Waals surface area contributed by atoms with E-state index in [0.29, 0.717) is 6.42 Å². The highest BCUT2D eigenvalue weighted by molar-refractivity contribution is 5.82. The summed E-state index contributed by atoms with van der Waals surface area (Å²) in [6.45, 7) is 2.06. The molecule has 4 fully saturated rings. The third-order valence-corrected chi connectivity index (χ3v) is 6.15. The lowest BCUT2D eigenvalue weighted by atomic mass is 9.49. The molecule has 0 unspecified atom stereocenters. The van der Waals surface area contributed by atoms with Crippen LogP contribution in [0.25, 0.3) is 0 Å². The van der Waals surface area contributed by atoms with E-state index in [9.17, 15) is 4.79 Å². The van der Waals surface area contributed by atoms with Crippen molar-refractivity contribution in [2.75, 3.05) is 0 Å². The lowest BCUT2D eigenvalue weighted by Gasteiger charge is -2.56. The summed E-state index contributed by atoms with van der Waals surface area (Å²) in [5.74, 6) is 2.77. The van der Waals surface area contributed by atoms with Gasteiger partial charge in [0.2, 0.25) is 5.91 Å². The minimum atomic E-state index is 0.0934. The van der Waals surface area contributed by atoms with Crippen LogP contribution < -0.4 is 5.43 Å². The maximum atomic E-state index is 12.4. The fraction of sp³-hybridized carbons (Fsp3) is 0.600. The topological polar surface area (TPSA) is 41.5 Å². The first-order chi connectivity index (χ1) is 11.1. The van der Waals surface area contributed by atoms with Crippen molar-refractivity contribution in [1.82, 2.24) is 5.43 Å². The van der Waals surface area contributed by atoms with Crippen LogP contribution in [0.3, 0.4) is 0 Å². The number of nitrogens with zero attached hydrogens (tertiary/aromatic N) is 1. The van der Waals surface area contributed by atoms with Crippen LogP contribution in [-0.2, 0) is 4.79 Å². The van der Waals surface area contributed by atoms with Gasteiger partial charge in [0, 0.05) is 6.42 Å². The smallest absolute Gasteiger partial charge is 0.240 e. The average Bonchev–Trinajstić information content (AvgIpc) is 2.45. The summed E-state index contributed by atoms with van der Waals surface area (Å²) in [5, 5.41) is 4.16. The molecule has 1 N–H and O–H groups in total. The highest BCUT2D eigenvalue weighted by atomic mass is 16.2. The van der Waals surface area contributed by atoms with Gasteiger partial charge in [-0.05, 0) is 74.2 Å². The summed E-state index contributed by atoms with van der Waals surface area (Å²) in [4.78, 5) is 12.4. The summed E-state index contributed by atoms with van der Waals surface area (Å²) in [5.41, 5.74) is 5.28. The summed E-state index contributed by atoms with van der Waals surface area (Å²) in [7, 11) is 0. The molecule has 122 valence electrons. The molecule has 4 bridgehead atoms. The molecule has 1 aromatic rings. The van der Waals surface area contributed by atoms with E-state index in [-0.39, 0.29) is 11.3 Å². The molecular formula is C20H26N2O. The number of hydrazone groups is 1. The van der Waals surface area contributed by atoms with Crippen molar-refractivity contribution in [3.05, 3.63) is 35.4 Å². The summed E-state index contributed by atoms with van der Waals surface area (Å²) < 4.78 is 0. The minimum absolute atomic E-state index is 0.0934. The number of amides is 1. The molecule has 1 aromatic carbocycles. The van der Waals surface area contributed by atoms with Crippen molar-refractivity contribution >= 4 is 12.1 Å². The molecule has 0 spiro atoms. The average molecular weight is 310 g/mol. The van der Waals surface area contributed by atoms with E-state index in [2.05, 4.69) is 29.6 Å². The molecule has 4 saturated carbocycles. The standard InChI is InChI=1S/C20H26N2O/c1-14-3-2-4-15(5-14)13-21-22-19(23)12-20-9-16-6-17(10-20)8-18(7-16)11-20/h2-5,13,16-18H,6-12H2,1H3,(H,22,23)/b21-13-. The number of nitrogens with one attached hydrogen (secondary N) is 1. The second-order valence-corrected chi connectivity index (χ2v) is 8.30. The zero-order chi connectivity index (χ0) is 15.9. The van der Waals surface area contributed by atoms with Crippen LogP contribution in [0.4, 0.5) is 0 Å². The predicted octanol–water partition coefficient (Wildman–Crippen LogP) is 4.05. The maximum absolute atomic E-state index is 12.4. The lowest BCUT2D eigenvalue weighted by molar-refractivity contribution is -0.129. The Morgan fingerprint density at radius 2 is 1.87 bits per heavy atom. The Hall–Kier alpha value is -1.64. The Labute approximate surface area is 138 Å². The summed E-state index contributed by atoms with van der Waals surface area (Å²) in [6.07, 6.45) is 10.5. The van der Waals surface area contributed by atoms with Gasteiger partial charge < -0.3 is 0 Å². The van der Waals surface area contributed by atoms with Crippen LogP contribution in [0.5, 0.6) is 0 Å². The zero-order valence-electron chi connectivity index (χ0n) is 13.9. The fourth-order valence-corrected chi connectivity index (χ4v) is 5.82. The second kappa shape index (κ2) is 5.77. The Bertz CT molecular complexity index is 599. The first-order valence-electron chi connectivity index (χ1n) is 8.99. The molecule has 0 heterocycles. The summed E-state index contributed by atoms with van der Waals surface area (Å²) >= 11 is 0. The third kappa shape index (κ3) is 3.19. The fourth-order valence-electron chi connectivity index (χ4n) is 5.82. The molecule has 4 aliphatic rings. The number of carbonyl (C=O) groups is 1. The predicted molar refractivity (Wildman–Crippen MR) is 92.1 cm³/mol. The van der Waals surface area contributed by atoms with Crippen LogP contribution in [0.15, 0.2) is 29.4 Å². The Kier molecular flexibility index (Phi) is 3.74. The quantitative estimate of drug-likeness (QED) is 0.661. The van der Waals surface area contributed by atoms with E-state index in [4.69, 9.17) is 0 Å². The molecule has 3 nitrogen and oxygen atoms in total. The largest absolute Gasteiger partial charge is 0.273 e. The number of hydrogen-bond donors (Lipinski definition) is 1. The molecule has 4 aliphatic carbocycles. The van der Waals surface area contributed by atoms with E-state index in [1.807, 2.05) is 12.1 Å². The number of aryl methyl sites for hydroxylation is 1. The Balaban J connectivity index is 1.35. The van der Waals surface area contributed by atoms with Crippen LogP contribution in [0.2, 0.25) is 0 Å². The van der Waals surface area contributed by atoms with E-state index in [1.54, 1.807) is 6.21 Å². The van der Waals surface area contributed by atoms with Crippen molar-refractivity contribution in [3.8, 4) is 0 Å². The van der Waals surface area contributed by atoms with Gasteiger partial charge in [-0.25, -0.2) is 5.43 Å².